The van der Waals surface area contributed by atoms with Crippen LogP contribution in [0.5, 0.6) is 0 Å². The third-order valence-corrected chi connectivity index (χ3v) is 1.64. The van der Waals surface area contributed by atoms with Gasteiger partial charge in [-0.05, 0) is 12.1 Å². The molecule has 1 amide bonds. The number of H-pyrrole nitrogens is 1. The lowest BCUT2D eigenvalue weighted by Crippen LogP contribution is -2.09. The molecule has 0 aliphatic heterocycles. The van der Waals surface area contributed by atoms with E-state index in [1.165, 1.54) is 0 Å². The summed E-state index contributed by atoms with van der Waals surface area (Å²) in [7, 11) is 0. The Morgan fingerprint density at radius 2 is 2.42 bits per heavy atom. The van der Waals surface area contributed by atoms with Gasteiger partial charge in [-0.15, -0.1) is 0 Å². The Balaban J connectivity index is 2.71. The molecule has 64 valence electrons. The second-order valence-electron chi connectivity index (χ2n) is 2.34. The molecule has 0 aromatic carbocycles. The average molecular weight is 182 g/mol. The number of nitrogens with one attached hydrogen (secondary N) is 2. The lowest BCUT2D eigenvalue weighted by molar-refractivity contribution is -0.115. The molecule has 0 spiro atoms. The van der Waals surface area contributed by atoms with Gasteiger partial charge in [0.15, 0.2) is 0 Å². The molecule has 2 N–H and O–H groups in total. The Hall–Kier alpha value is -1.16. The Kier molecular flexibility index (Phi) is 2.99. The molecule has 0 unspecified atom stereocenters. The normalized spacial score (nSPS) is 9.42. The van der Waals surface area contributed by atoms with Gasteiger partial charge < -0.3 is 10.3 Å². The average Bonchev–Trinajstić information content (AvgIpc) is 2.09. The van der Waals surface area contributed by atoms with E-state index in [9.17, 15) is 4.79 Å². The largest absolute Gasteiger partial charge is 0.351 e. The van der Waals surface area contributed by atoms with Crippen molar-refractivity contribution in [1.29, 1.82) is 0 Å². The Morgan fingerprint density at radius 1 is 1.67 bits per heavy atom. The number of hydrogen-bond acceptors (Lipinski definition) is 2. The van der Waals surface area contributed by atoms with Crippen LogP contribution in [-0.4, -0.2) is 10.9 Å². The summed E-state index contributed by atoms with van der Waals surface area (Å²) in [5, 5.41) is 2.70. The summed E-state index contributed by atoms with van der Waals surface area (Å²) in [5.41, 5.74) is 0.746. The second kappa shape index (κ2) is 4.01. The molecule has 0 bridgehead atoms. The molecule has 1 heterocycles. The number of aromatic amines is 1. The highest BCUT2D eigenvalue weighted by atomic mass is 32.1. The number of rotatable bonds is 2. The Labute approximate surface area is 75.8 Å². The minimum atomic E-state index is 0.000480. The molecule has 0 aliphatic carbocycles. The van der Waals surface area contributed by atoms with Crippen molar-refractivity contribution in [2.45, 2.75) is 13.3 Å². The van der Waals surface area contributed by atoms with Gasteiger partial charge in [0.25, 0.3) is 0 Å². The van der Waals surface area contributed by atoms with Gasteiger partial charge in [0.2, 0.25) is 5.91 Å². The maximum Gasteiger partial charge on any atom is 0.224 e. The van der Waals surface area contributed by atoms with Crippen molar-refractivity contribution in [2.75, 3.05) is 5.32 Å². The molecule has 0 saturated carbocycles. The van der Waals surface area contributed by atoms with E-state index in [0.29, 0.717) is 11.1 Å². The summed E-state index contributed by atoms with van der Waals surface area (Å²) >= 11 is 4.85. The maximum atomic E-state index is 10.9. The molecule has 3 nitrogen and oxygen atoms in total. The quantitative estimate of drug-likeness (QED) is 0.688. The third kappa shape index (κ3) is 2.47. The molecule has 0 radical (unpaired) electrons. The van der Waals surface area contributed by atoms with Crippen LogP contribution in [0.3, 0.4) is 0 Å². The molecule has 1 aromatic rings. The summed E-state index contributed by atoms with van der Waals surface area (Å²) in [6, 6.07) is 3.51. The molecule has 0 aliphatic rings. The number of carbonyl (C=O) groups excluding carboxylic acids is 1. The monoisotopic (exact) mass is 182 g/mol. The number of pyridine rings is 1. The zero-order chi connectivity index (χ0) is 8.97. The highest BCUT2D eigenvalue weighted by Crippen LogP contribution is 2.03. The van der Waals surface area contributed by atoms with Crippen molar-refractivity contribution in [2.24, 2.45) is 0 Å². The molecule has 0 atom stereocenters. The summed E-state index contributed by atoms with van der Waals surface area (Å²) in [6.45, 7) is 1.81. The van der Waals surface area contributed by atoms with Gasteiger partial charge in [-0.3, -0.25) is 4.79 Å². The molecule has 0 fully saturated rings. The first-order valence-electron chi connectivity index (χ1n) is 3.71. The summed E-state index contributed by atoms with van der Waals surface area (Å²) < 4.78 is 0.657. The van der Waals surface area contributed by atoms with Crippen molar-refractivity contribution >= 4 is 23.8 Å². The number of amides is 1. The van der Waals surface area contributed by atoms with Crippen molar-refractivity contribution in [3.63, 3.8) is 0 Å². The summed E-state index contributed by atoms with van der Waals surface area (Å²) in [5.74, 6) is 0.000480. The maximum absolute atomic E-state index is 10.9. The Morgan fingerprint density at radius 3 is 2.92 bits per heavy atom. The van der Waals surface area contributed by atoms with Gasteiger partial charge in [-0.25, -0.2) is 0 Å². The van der Waals surface area contributed by atoms with Crippen molar-refractivity contribution < 1.29 is 4.79 Å². The highest BCUT2D eigenvalue weighted by molar-refractivity contribution is 7.71. The Bertz CT molecular complexity index is 312. The van der Waals surface area contributed by atoms with Crippen LogP contribution in [-0.2, 0) is 4.79 Å². The van der Waals surface area contributed by atoms with E-state index in [4.69, 9.17) is 12.2 Å². The minimum Gasteiger partial charge on any atom is -0.351 e. The van der Waals surface area contributed by atoms with Gasteiger partial charge in [-0.2, -0.15) is 0 Å². The van der Waals surface area contributed by atoms with E-state index in [0.717, 1.165) is 5.69 Å². The van der Waals surface area contributed by atoms with Gasteiger partial charge in [0.1, 0.15) is 4.64 Å². The number of anilines is 1. The van der Waals surface area contributed by atoms with Crippen LogP contribution in [0.15, 0.2) is 18.3 Å². The second-order valence-corrected chi connectivity index (χ2v) is 2.78. The number of hydrogen-bond donors (Lipinski definition) is 2. The van der Waals surface area contributed by atoms with Crippen LogP contribution in [0.2, 0.25) is 0 Å². The molecule has 0 saturated heterocycles. The molecular weight excluding hydrogens is 172 g/mol. The smallest absolute Gasteiger partial charge is 0.224 e. The van der Waals surface area contributed by atoms with Crippen molar-refractivity contribution in [3.8, 4) is 0 Å². The SMILES string of the molecule is CCC(=O)Nc1ccc(=S)[nH]c1. The number of carbonyl (C=O) groups is 1. The number of aromatic nitrogens is 1. The highest BCUT2D eigenvalue weighted by Gasteiger charge is 1.96. The molecule has 1 aromatic heterocycles. The first-order valence-corrected chi connectivity index (χ1v) is 4.12. The van der Waals surface area contributed by atoms with Crippen LogP contribution >= 0.6 is 12.2 Å². The fraction of sp³-hybridized carbons (Fsp3) is 0.250. The van der Waals surface area contributed by atoms with Crippen molar-refractivity contribution in [3.05, 3.63) is 23.0 Å². The molecular formula is C8H10N2OS. The summed E-state index contributed by atoms with van der Waals surface area (Å²) in [6.07, 6.45) is 2.16. The third-order valence-electron chi connectivity index (χ3n) is 1.39. The van der Waals surface area contributed by atoms with Gasteiger partial charge >= 0.3 is 0 Å². The minimum absolute atomic E-state index is 0.000480. The van der Waals surface area contributed by atoms with Crippen molar-refractivity contribution in [1.82, 2.24) is 4.98 Å². The predicted molar refractivity (Wildman–Crippen MR) is 50.5 cm³/mol. The first kappa shape index (κ1) is 8.93. The zero-order valence-electron chi connectivity index (χ0n) is 6.76. The summed E-state index contributed by atoms with van der Waals surface area (Å²) in [4.78, 5) is 13.7. The van der Waals surface area contributed by atoms with E-state index in [-0.39, 0.29) is 5.91 Å². The van der Waals surface area contributed by atoms with Gasteiger partial charge in [0, 0.05) is 12.6 Å². The van der Waals surface area contributed by atoms with Crippen LogP contribution in [0, 0.1) is 4.64 Å². The lowest BCUT2D eigenvalue weighted by atomic mass is 10.4. The first-order chi connectivity index (χ1) is 5.72. The van der Waals surface area contributed by atoms with E-state index in [1.54, 1.807) is 25.3 Å². The van der Waals surface area contributed by atoms with E-state index >= 15 is 0 Å². The van der Waals surface area contributed by atoms with Gasteiger partial charge in [0.05, 0.1) is 5.69 Å². The van der Waals surface area contributed by atoms with E-state index in [1.807, 2.05) is 0 Å². The molecule has 1 rings (SSSR count). The van der Waals surface area contributed by atoms with Crippen LogP contribution in [0.4, 0.5) is 5.69 Å². The lowest BCUT2D eigenvalue weighted by Gasteiger charge is -2.01. The van der Waals surface area contributed by atoms with E-state index < -0.39 is 0 Å². The standard InChI is InChI=1S/C8H10N2OS/c1-2-7(11)10-6-3-4-8(12)9-5-6/h3-5H,2H2,1H3,(H,9,12)(H,10,11). The molecule has 4 heteroatoms. The topological polar surface area (TPSA) is 44.9 Å². The van der Waals surface area contributed by atoms with Crippen LogP contribution in [0.25, 0.3) is 0 Å². The molecule has 12 heavy (non-hydrogen) atoms. The van der Waals surface area contributed by atoms with Crippen LogP contribution in [0.1, 0.15) is 13.3 Å². The predicted octanol–water partition coefficient (Wildman–Crippen LogP) is 2.09. The fourth-order valence-electron chi connectivity index (χ4n) is 0.738. The fourth-order valence-corrected chi connectivity index (χ4v) is 0.865. The zero-order valence-corrected chi connectivity index (χ0v) is 7.57. The van der Waals surface area contributed by atoms with Gasteiger partial charge in [-0.1, -0.05) is 19.1 Å². The van der Waals surface area contributed by atoms with Crippen LogP contribution < -0.4 is 5.32 Å². The van der Waals surface area contributed by atoms with E-state index in [2.05, 4.69) is 10.3 Å².